The van der Waals surface area contributed by atoms with Crippen LogP contribution in [-0.4, -0.2) is 45.0 Å². The highest BCUT2D eigenvalue weighted by Crippen LogP contribution is 2.05. The standard InChI is InChI=1S/C16H19N3O4/c1-11(16(22)23)9-18(2)14(20)7-8-19-10-17-13-6-4-3-5-12(13)15(19)21/h3-6,10-11H,7-9H2,1-2H3,(H,22,23). The number of aromatic nitrogens is 2. The molecule has 0 spiro atoms. The fraction of sp³-hybridized carbons (Fsp3) is 0.375. The minimum atomic E-state index is -0.945. The Kier molecular flexibility index (Phi) is 5.10. The minimum Gasteiger partial charge on any atom is -0.481 e. The van der Waals surface area contributed by atoms with Crippen molar-refractivity contribution < 1.29 is 14.7 Å². The van der Waals surface area contributed by atoms with Gasteiger partial charge in [0.05, 0.1) is 23.1 Å². The summed E-state index contributed by atoms with van der Waals surface area (Å²) >= 11 is 0. The minimum absolute atomic E-state index is 0.114. The van der Waals surface area contributed by atoms with Crippen molar-refractivity contribution in [1.82, 2.24) is 14.5 Å². The number of para-hydroxylation sites is 1. The average Bonchev–Trinajstić information content (AvgIpc) is 2.54. The number of hydrogen-bond donors (Lipinski definition) is 1. The summed E-state index contributed by atoms with van der Waals surface area (Å²) in [5.74, 6) is -1.79. The largest absolute Gasteiger partial charge is 0.481 e. The Morgan fingerprint density at radius 3 is 2.74 bits per heavy atom. The van der Waals surface area contributed by atoms with E-state index >= 15 is 0 Å². The van der Waals surface area contributed by atoms with Crippen LogP contribution in [0.2, 0.25) is 0 Å². The fourth-order valence-electron chi connectivity index (χ4n) is 2.26. The molecule has 23 heavy (non-hydrogen) atoms. The van der Waals surface area contributed by atoms with Crippen molar-refractivity contribution in [3.8, 4) is 0 Å². The second kappa shape index (κ2) is 7.04. The number of nitrogens with zero attached hydrogens (tertiary/aromatic N) is 3. The first-order chi connectivity index (χ1) is 10.9. The number of amides is 1. The molecule has 2 rings (SSSR count). The van der Waals surface area contributed by atoms with Gasteiger partial charge in [-0.3, -0.25) is 19.0 Å². The molecule has 0 bridgehead atoms. The maximum absolute atomic E-state index is 12.3. The normalized spacial score (nSPS) is 12.1. The molecule has 1 aromatic heterocycles. The van der Waals surface area contributed by atoms with Gasteiger partial charge in [0.2, 0.25) is 5.91 Å². The van der Waals surface area contributed by atoms with E-state index < -0.39 is 11.9 Å². The smallest absolute Gasteiger partial charge is 0.308 e. The van der Waals surface area contributed by atoms with Gasteiger partial charge in [-0.25, -0.2) is 4.98 Å². The van der Waals surface area contributed by atoms with Gasteiger partial charge in [0.1, 0.15) is 0 Å². The summed E-state index contributed by atoms with van der Waals surface area (Å²) in [6.07, 6.45) is 1.54. The Labute approximate surface area is 133 Å². The molecule has 0 radical (unpaired) electrons. The van der Waals surface area contributed by atoms with Gasteiger partial charge >= 0.3 is 5.97 Å². The van der Waals surface area contributed by atoms with E-state index in [1.165, 1.54) is 15.8 Å². The van der Waals surface area contributed by atoms with Crippen LogP contribution in [0.25, 0.3) is 10.9 Å². The van der Waals surface area contributed by atoms with Crippen LogP contribution in [0.5, 0.6) is 0 Å². The monoisotopic (exact) mass is 317 g/mol. The van der Waals surface area contributed by atoms with Crippen molar-refractivity contribution in [1.29, 1.82) is 0 Å². The van der Waals surface area contributed by atoms with Crippen LogP contribution < -0.4 is 5.56 Å². The lowest BCUT2D eigenvalue weighted by Gasteiger charge is -2.19. The van der Waals surface area contributed by atoms with E-state index in [2.05, 4.69) is 4.98 Å². The van der Waals surface area contributed by atoms with E-state index in [9.17, 15) is 14.4 Å². The highest BCUT2D eigenvalue weighted by Gasteiger charge is 2.17. The number of benzene rings is 1. The van der Waals surface area contributed by atoms with E-state index in [-0.39, 0.29) is 31.0 Å². The van der Waals surface area contributed by atoms with Crippen molar-refractivity contribution in [3.63, 3.8) is 0 Å². The van der Waals surface area contributed by atoms with Gasteiger partial charge in [0, 0.05) is 26.6 Å². The van der Waals surface area contributed by atoms with E-state index in [0.717, 1.165) is 0 Å². The summed E-state index contributed by atoms with van der Waals surface area (Å²) in [4.78, 5) is 40.7. The van der Waals surface area contributed by atoms with E-state index in [1.54, 1.807) is 38.2 Å². The van der Waals surface area contributed by atoms with E-state index in [1.807, 2.05) is 0 Å². The van der Waals surface area contributed by atoms with Gasteiger partial charge in [0.25, 0.3) is 5.56 Å². The number of carbonyl (C=O) groups excluding carboxylic acids is 1. The molecule has 0 saturated carbocycles. The fourth-order valence-corrected chi connectivity index (χ4v) is 2.26. The quantitative estimate of drug-likeness (QED) is 0.857. The molecule has 122 valence electrons. The third-order valence-electron chi connectivity index (χ3n) is 3.69. The molecular weight excluding hydrogens is 298 g/mol. The third kappa shape index (κ3) is 3.94. The Morgan fingerprint density at radius 1 is 1.35 bits per heavy atom. The maximum Gasteiger partial charge on any atom is 0.308 e. The molecule has 1 amide bonds. The Bertz CT molecular complexity index is 784. The van der Waals surface area contributed by atoms with Gasteiger partial charge in [-0.1, -0.05) is 19.1 Å². The highest BCUT2D eigenvalue weighted by atomic mass is 16.4. The predicted molar refractivity (Wildman–Crippen MR) is 85.1 cm³/mol. The van der Waals surface area contributed by atoms with Gasteiger partial charge in [-0.15, -0.1) is 0 Å². The second-order valence-electron chi connectivity index (χ2n) is 5.52. The first-order valence-electron chi connectivity index (χ1n) is 7.31. The summed E-state index contributed by atoms with van der Waals surface area (Å²) in [5.41, 5.74) is 0.428. The van der Waals surface area contributed by atoms with Crippen molar-refractivity contribution in [2.75, 3.05) is 13.6 Å². The summed E-state index contributed by atoms with van der Waals surface area (Å²) < 4.78 is 1.40. The lowest BCUT2D eigenvalue weighted by Crippen LogP contribution is -2.34. The number of aryl methyl sites for hydroxylation is 1. The van der Waals surface area contributed by atoms with Crippen molar-refractivity contribution in [2.45, 2.75) is 19.9 Å². The van der Waals surface area contributed by atoms with Crippen LogP contribution in [0.15, 0.2) is 35.4 Å². The number of carbonyl (C=O) groups is 2. The number of aliphatic carboxylic acids is 1. The zero-order valence-corrected chi connectivity index (χ0v) is 13.1. The molecular formula is C16H19N3O4. The van der Waals surface area contributed by atoms with Crippen molar-refractivity contribution in [3.05, 3.63) is 40.9 Å². The maximum atomic E-state index is 12.3. The molecule has 0 aliphatic carbocycles. The molecule has 0 aliphatic heterocycles. The molecule has 1 aromatic carbocycles. The molecule has 0 aliphatic rings. The van der Waals surface area contributed by atoms with Crippen LogP contribution in [0, 0.1) is 5.92 Å². The molecule has 7 heteroatoms. The van der Waals surface area contributed by atoms with Gasteiger partial charge < -0.3 is 10.0 Å². The molecule has 1 unspecified atom stereocenters. The molecule has 1 heterocycles. The summed E-state index contributed by atoms with van der Waals surface area (Å²) in [6, 6.07) is 7.03. The molecule has 7 nitrogen and oxygen atoms in total. The van der Waals surface area contributed by atoms with Crippen LogP contribution >= 0.6 is 0 Å². The first-order valence-corrected chi connectivity index (χ1v) is 7.31. The SMILES string of the molecule is CC(CN(C)C(=O)CCn1cnc2ccccc2c1=O)C(=O)O. The van der Waals surface area contributed by atoms with Gasteiger partial charge in [-0.2, -0.15) is 0 Å². The second-order valence-corrected chi connectivity index (χ2v) is 5.52. The number of carboxylic acids is 1. The first kappa shape index (κ1) is 16.7. The molecule has 1 atom stereocenters. The third-order valence-corrected chi connectivity index (χ3v) is 3.69. The van der Waals surface area contributed by atoms with Crippen molar-refractivity contribution >= 4 is 22.8 Å². The van der Waals surface area contributed by atoms with Crippen LogP contribution in [0.3, 0.4) is 0 Å². The summed E-state index contributed by atoms with van der Waals surface area (Å²) in [6.45, 7) is 1.89. The lowest BCUT2D eigenvalue weighted by atomic mass is 10.1. The molecule has 0 saturated heterocycles. The van der Waals surface area contributed by atoms with Gasteiger partial charge in [0.15, 0.2) is 0 Å². The Hall–Kier alpha value is -2.70. The van der Waals surface area contributed by atoms with E-state index in [0.29, 0.717) is 10.9 Å². The number of hydrogen-bond acceptors (Lipinski definition) is 4. The highest BCUT2D eigenvalue weighted by molar-refractivity contribution is 5.78. The van der Waals surface area contributed by atoms with E-state index in [4.69, 9.17) is 5.11 Å². The zero-order valence-electron chi connectivity index (χ0n) is 13.1. The van der Waals surface area contributed by atoms with Crippen LogP contribution in [0.1, 0.15) is 13.3 Å². The summed E-state index contributed by atoms with van der Waals surface area (Å²) in [7, 11) is 1.56. The Morgan fingerprint density at radius 2 is 2.04 bits per heavy atom. The van der Waals surface area contributed by atoms with Gasteiger partial charge in [-0.05, 0) is 12.1 Å². The number of carboxylic acid groups (broad SMARTS) is 1. The molecule has 0 fully saturated rings. The summed E-state index contributed by atoms with van der Waals surface area (Å²) in [5, 5.41) is 9.38. The molecule has 1 N–H and O–H groups in total. The Balaban J connectivity index is 2.03. The van der Waals surface area contributed by atoms with Crippen molar-refractivity contribution in [2.24, 2.45) is 5.92 Å². The molecule has 2 aromatic rings. The lowest BCUT2D eigenvalue weighted by molar-refractivity contribution is -0.142. The average molecular weight is 317 g/mol. The topological polar surface area (TPSA) is 92.5 Å². The number of rotatable bonds is 6. The van der Waals surface area contributed by atoms with Crippen LogP contribution in [0.4, 0.5) is 0 Å². The predicted octanol–water partition coefficient (Wildman–Crippen LogP) is 0.966. The van der Waals surface area contributed by atoms with Crippen LogP contribution in [-0.2, 0) is 16.1 Å². The number of fused-ring (bicyclic) bond motifs is 1. The zero-order chi connectivity index (χ0) is 17.0.